The SMILES string of the molecule is C[C@H](NC(=S)N1CCCC1C=CC(=O)N(C)Cc1ccc(O)cc1)c1ccccc1. The minimum Gasteiger partial charge on any atom is -0.508 e. The molecule has 1 fully saturated rings. The van der Waals surface area contributed by atoms with E-state index in [0.29, 0.717) is 6.54 Å². The van der Waals surface area contributed by atoms with Crippen LogP contribution in [0.1, 0.15) is 36.9 Å². The number of likely N-dealkylation sites (tertiary alicyclic amines) is 1. The van der Waals surface area contributed by atoms with E-state index in [1.165, 1.54) is 5.56 Å². The Morgan fingerprint density at radius 2 is 1.97 bits per heavy atom. The van der Waals surface area contributed by atoms with E-state index in [-0.39, 0.29) is 23.7 Å². The van der Waals surface area contributed by atoms with Crippen molar-refractivity contribution in [2.75, 3.05) is 13.6 Å². The second-order valence-electron chi connectivity index (χ2n) is 7.70. The highest BCUT2D eigenvalue weighted by atomic mass is 32.1. The Bertz CT molecular complexity index is 883. The fraction of sp³-hybridized carbons (Fsp3) is 0.333. The molecular weight excluding hydrogens is 394 g/mol. The minimum absolute atomic E-state index is 0.0496. The normalized spacial score (nSPS) is 17.1. The van der Waals surface area contributed by atoms with Crippen LogP contribution in [0.4, 0.5) is 0 Å². The summed E-state index contributed by atoms with van der Waals surface area (Å²) in [6.07, 6.45) is 5.64. The Balaban J connectivity index is 1.55. The maximum Gasteiger partial charge on any atom is 0.246 e. The number of carbonyl (C=O) groups excluding carboxylic acids is 1. The number of phenolic OH excluding ortho intramolecular Hbond substituents is 1. The number of nitrogens with zero attached hydrogens (tertiary/aromatic N) is 2. The lowest BCUT2D eigenvalue weighted by atomic mass is 10.1. The number of carbonyl (C=O) groups is 1. The number of aromatic hydroxyl groups is 1. The van der Waals surface area contributed by atoms with Crippen molar-refractivity contribution >= 4 is 23.2 Å². The van der Waals surface area contributed by atoms with Crippen molar-refractivity contribution < 1.29 is 9.90 Å². The highest BCUT2D eigenvalue weighted by molar-refractivity contribution is 7.80. The Hall–Kier alpha value is -2.86. The van der Waals surface area contributed by atoms with Crippen LogP contribution < -0.4 is 5.32 Å². The summed E-state index contributed by atoms with van der Waals surface area (Å²) in [4.78, 5) is 16.4. The zero-order chi connectivity index (χ0) is 21.5. The summed E-state index contributed by atoms with van der Waals surface area (Å²) in [6.45, 7) is 3.48. The Labute approximate surface area is 184 Å². The van der Waals surface area contributed by atoms with E-state index in [1.54, 1.807) is 30.2 Å². The molecule has 5 nitrogen and oxygen atoms in total. The van der Waals surface area contributed by atoms with Gasteiger partial charge in [0.05, 0.1) is 6.04 Å². The first-order chi connectivity index (χ1) is 14.4. The quantitative estimate of drug-likeness (QED) is 0.543. The molecule has 3 rings (SSSR count). The highest BCUT2D eigenvalue weighted by Crippen LogP contribution is 2.20. The van der Waals surface area contributed by atoms with Crippen LogP contribution in [-0.2, 0) is 11.3 Å². The number of hydrogen-bond donors (Lipinski definition) is 2. The summed E-state index contributed by atoms with van der Waals surface area (Å²) in [5, 5.41) is 13.5. The fourth-order valence-corrected chi connectivity index (χ4v) is 4.02. The van der Waals surface area contributed by atoms with Gasteiger partial charge >= 0.3 is 0 Å². The summed E-state index contributed by atoms with van der Waals surface area (Å²) < 4.78 is 0. The van der Waals surface area contributed by atoms with Gasteiger partial charge in [-0.1, -0.05) is 48.5 Å². The summed E-state index contributed by atoms with van der Waals surface area (Å²) in [7, 11) is 1.78. The lowest BCUT2D eigenvalue weighted by Gasteiger charge is -2.28. The number of amides is 1. The van der Waals surface area contributed by atoms with Crippen LogP contribution in [0.5, 0.6) is 5.75 Å². The first-order valence-corrected chi connectivity index (χ1v) is 10.7. The zero-order valence-corrected chi connectivity index (χ0v) is 18.3. The minimum atomic E-state index is -0.0496. The molecule has 2 aromatic carbocycles. The van der Waals surface area contributed by atoms with Gasteiger partial charge in [-0.15, -0.1) is 0 Å². The van der Waals surface area contributed by atoms with Crippen LogP contribution in [-0.4, -0.2) is 45.6 Å². The molecule has 2 N–H and O–H groups in total. The van der Waals surface area contributed by atoms with Gasteiger partial charge in [0.25, 0.3) is 0 Å². The van der Waals surface area contributed by atoms with Gasteiger partial charge in [0.1, 0.15) is 5.75 Å². The second-order valence-corrected chi connectivity index (χ2v) is 8.09. The summed E-state index contributed by atoms with van der Waals surface area (Å²) in [5.41, 5.74) is 2.16. The summed E-state index contributed by atoms with van der Waals surface area (Å²) in [5.74, 6) is 0.173. The monoisotopic (exact) mass is 423 g/mol. The van der Waals surface area contributed by atoms with Crippen molar-refractivity contribution in [2.45, 2.75) is 38.4 Å². The average Bonchev–Trinajstić information content (AvgIpc) is 3.23. The van der Waals surface area contributed by atoms with Gasteiger partial charge < -0.3 is 20.2 Å². The number of benzene rings is 2. The molecule has 0 saturated carbocycles. The first kappa shape index (κ1) is 21.8. The molecule has 2 atom stereocenters. The van der Waals surface area contributed by atoms with Crippen molar-refractivity contribution in [3.63, 3.8) is 0 Å². The van der Waals surface area contributed by atoms with Crippen molar-refractivity contribution in [3.05, 3.63) is 77.9 Å². The molecule has 1 saturated heterocycles. The molecule has 1 amide bonds. The van der Waals surface area contributed by atoms with Crippen molar-refractivity contribution in [3.8, 4) is 5.75 Å². The van der Waals surface area contributed by atoms with Crippen LogP contribution in [0.15, 0.2) is 66.7 Å². The third kappa shape index (κ3) is 5.83. The Morgan fingerprint density at radius 1 is 1.27 bits per heavy atom. The van der Waals surface area contributed by atoms with Gasteiger partial charge in [-0.3, -0.25) is 4.79 Å². The number of rotatable bonds is 6. The fourth-order valence-electron chi connectivity index (χ4n) is 3.61. The number of phenols is 1. The summed E-state index contributed by atoms with van der Waals surface area (Å²) in [6, 6.07) is 17.4. The third-order valence-electron chi connectivity index (χ3n) is 5.39. The largest absolute Gasteiger partial charge is 0.508 e. The molecule has 0 radical (unpaired) electrons. The van der Waals surface area contributed by atoms with E-state index in [1.807, 2.05) is 36.4 Å². The van der Waals surface area contributed by atoms with E-state index in [0.717, 1.165) is 30.1 Å². The molecule has 0 bridgehead atoms. The number of hydrogen-bond acceptors (Lipinski definition) is 3. The van der Waals surface area contributed by atoms with Gasteiger partial charge in [0.2, 0.25) is 5.91 Å². The third-order valence-corrected chi connectivity index (χ3v) is 5.75. The molecule has 1 heterocycles. The van der Waals surface area contributed by atoms with Crippen LogP contribution in [0, 0.1) is 0 Å². The Morgan fingerprint density at radius 3 is 2.67 bits per heavy atom. The van der Waals surface area contributed by atoms with Crippen molar-refractivity contribution in [1.29, 1.82) is 0 Å². The van der Waals surface area contributed by atoms with Crippen LogP contribution >= 0.6 is 12.2 Å². The highest BCUT2D eigenvalue weighted by Gasteiger charge is 2.25. The molecule has 0 spiro atoms. The molecule has 0 aromatic heterocycles. The van der Waals surface area contributed by atoms with E-state index in [2.05, 4.69) is 29.3 Å². The predicted octanol–water partition coefficient (Wildman–Crippen LogP) is 4.01. The first-order valence-electron chi connectivity index (χ1n) is 10.3. The van der Waals surface area contributed by atoms with Gasteiger partial charge in [0.15, 0.2) is 5.11 Å². The van der Waals surface area contributed by atoms with Gasteiger partial charge in [-0.25, -0.2) is 0 Å². The standard InChI is InChI=1S/C24H29N3O2S/c1-18(20-7-4-3-5-8-20)25-24(30)27-16-6-9-21(27)12-15-23(29)26(2)17-19-10-13-22(28)14-11-19/h3-5,7-8,10-15,18,21,28H,6,9,16-17H2,1-2H3,(H,25,30)/t18-,21?/m0/s1. The van der Waals surface area contributed by atoms with Crippen molar-refractivity contribution in [2.24, 2.45) is 0 Å². The van der Waals surface area contributed by atoms with E-state index in [4.69, 9.17) is 12.2 Å². The predicted molar refractivity (Wildman–Crippen MR) is 124 cm³/mol. The van der Waals surface area contributed by atoms with Crippen LogP contribution in [0.2, 0.25) is 0 Å². The van der Waals surface area contributed by atoms with E-state index >= 15 is 0 Å². The molecule has 1 unspecified atom stereocenters. The van der Waals surface area contributed by atoms with E-state index in [9.17, 15) is 9.90 Å². The molecule has 1 aliphatic rings. The summed E-state index contributed by atoms with van der Waals surface area (Å²) >= 11 is 5.66. The molecule has 6 heteroatoms. The molecule has 30 heavy (non-hydrogen) atoms. The topological polar surface area (TPSA) is 55.8 Å². The number of thiocarbonyl (C=S) groups is 1. The molecule has 2 aromatic rings. The van der Waals surface area contributed by atoms with Gasteiger partial charge in [-0.2, -0.15) is 0 Å². The average molecular weight is 424 g/mol. The molecule has 0 aliphatic carbocycles. The molecule has 1 aliphatic heterocycles. The Kier molecular flexibility index (Phi) is 7.46. The smallest absolute Gasteiger partial charge is 0.246 e. The van der Waals surface area contributed by atoms with Crippen molar-refractivity contribution in [1.82, 2.24) is 15.1 Å². The van der Waals surface area contributed by atoms with Crippen LogP contribution in [0.25, 0.3) is 0 Å². The van der Waals surface area contributed by atoms with Gasteiger partial charge in [-0.05, 0) is 55.2 Å². The number of likely N-dealkylation sites (N-methyl/N-ethyl adjacent to an activating group) is 1. The molecular formula is C24H29N3O2S. The number of nitrogens with one attached hydrogen (secondary N) is 1. The zero-order valence-electron chi connectivity index (χ0n) is 17.5. The maximum atomic E-state index is 12.5. The molecule has 158 valence electrons. The lowest BCUT2D eigenvalue weighted by molar-refractivity contribution is -0.125. The van der Waals surface area contributed by atoms with E-state index < -0.39 is 0 Å². The lowest BCUT2D eigenvalue weighted by Crippen LogP contribution is -2.43. The maximum absolute atomic E-state index is 12.5. The van der Waals surface area contributed by atoms with Crippen LogP contribution in [0.3, 0.4) is 0 Å². The van der Waals surface area contributed by atoms with Gasteiger partial charge in [0, 0.05) is 32.3 Å². The second kappa shape index (κ2) is 10.3.